The van der Waals surface area contributed by atoms with E-state index < -0.39 is 0 Å². The molecule has 1 saturated heterocycles. The highest BCUT2D eigenvalue weighted by atomic mass is 16.2. The lowest BCUT2D eigenvalue weighted by Crippen LogP contribution is -2.08. The third kappa shape index (κ3) is 5.30. The summed E-state index contributed by atoms with van der Waals surface area (Å²) in [5.41, 5.74) is 0. The lowest BCUT2D eigenvalue weighted by Gasteiger charge is -1.95. The molecule has 0 unspecified atom stereocenters. The van der Waals surface area contributed by atoms with E-state index in [1.54, 1.807) is 0 Å². The van der Waals surface area contributed by atoms with Gasteiger partial charge in [0.2, 0.25) is 5.91 Å². The van der Waals surface area contributed by atoms with Crippen molar-refractivity contribution in [2.24, 2.45) is 0 Å². The molecule has 11 heavy (non-hydrogen) atoms. The van der Waals surface area contributed by atoms with E-state index in [4.69, 9.17) is 9.59 Å². The van der Waals surface area contributed by atoms with Crippen LogP contribution in [-0.2, 0) is 14.4 Å². The van der Waals surface area contributed by atoms with E-state index in [2.05, 4.69) is 0 Å². The Bertz CT molecular complexity index is 157. The van der Waals surface area contributed by atoms with E-state index in [1.807, 2.05) is 11.8 Å². The minimum absolute atomic E-state index is 0.250. The van der Waals surface area contributed by atoms with Crippen LogP contribution in [0.15, 0.2) is 0 Å². The van der Waals surface area contributed by atoms with Gasteiger partial charge in [-0.25, -0.2) is 0 Å². The maximum absolute atomic E-state index is 10.7. The molecule has 1 aliphatic heterocycles. The molecule has 0 atom stereocenters. The van der Waals surface area contributed by atoms with E-state index in [0.29, 0.717) is 5.91 Å². The van der Waals surface area contributed by atoms with Crippen molar-refractivity contribution in [1.29, 1.82) is 0 Å². The maximum Gasteiger partial charge on any atom is 0.373 e. The second-order valence-corrected chi connectivity index (χ2v) is 2.21. The summed E-state index contributed by atoms with van der Waals surface area (Å²) in [5.74, 6) is 0.326. The Kier molecular flexibility index (Phi) is 5.03. The second-order valence-electron chi connectivity index (χ2n) is 2.21. The summed E-state index contributed by atoms with van der Waals surface area (Å²) in [6.07, 6.45) is 1.97. The van der Waals surface area contributed by atoms with Crippen LogP contribution in [0.1, 0.15) is 19.8 Å². The Labute approximate surface area is 65.2 Å². The van der Waals surface area contributed by atoms with Gasteiger partial charge in [-0.05, 0) is 6.42 Å². The molecule has 0 aromatic heterocycles. The Balaban J connectivity index is 0.000000292. The topological polar surface area (TPSA) is 54.2 Å². The molecule has 1 heterocycles. The average Bonchev–Trinajstić information content (AvgIpc) is 2.70. The Morgan fingerprint density at radius 2 is 1.91 bits per heavy atom. The smallest absolute Gasteiger partial charge is 0.339 e. The van der Waals surface area contributed by atoms with Crippen LogP contribution in [0.3, 0.4) is 0 Å². The predicted molar refractivity (Wildman–Crippen MR) is 36.5 cm³/mol. The van der Waals surface area contributed by atoms with Gasteiger partial charge in [0, 0.05) is 19.5 Å². The van der Waals surface area contributed by atoms with Gasteiger partial charge in [0.25, 0.3) is 0 Å². The van der Waals surface area contributed by atoms with Crippen LogP contribution in [0.5, 0.6) is 0 Å². The molecule has 0 bridgehead atoms. The van der Waals surface area contributed by atoms with Crippen LogP contribution in [0.4, 0.5) is 0 Å². The van der Waals surface area contributed by atoms with Crippen LogP contribution in [0.2, 0.25) is 0 Å². The Morgan fingerprint density at radius 1 is 1.45 bits per heavy atom. The standard InChI is InChI=1S/C6H11NO.CO2/c1-2-3-6(8)7-4-5-7;2-1-3/h2-5H2,1H3;. The van der Waals surface area contributed by atoms with Gasteiger partial charge in [-0.1, -0.05) is 6.92 Å². The van der Waals surface area contributed by atoms with Gasteiger partial charge >= 0.3 is 6.15 Å². The van der Waals surface area contributed by atoms with Crippen molar-refractivity contribution < 1.29 is 14.4 Å². The number of carbonyl (C=O) groups is 1. The Morgan fingerprint density at radius 3 is 2.18 bits per heavy atom. The van der Waals surface area contributed by atoms with Crippen molar-refractivity contribution in [2.45, 2.75) is 19.8 Å². The molecule has 0 N–H and O–H groups in total. The molecule has 0 saturated carbocycles. The first-order valence-corrected chi connectivity index (χ1v) is 3.53. The summed E-state index contributed by atoms with van der Waals surface area (Å²) in [4.78, 5) is 28.8. The van der Waals surface area contributed by atoms with E-state index >= 15 is 0 Å². The molecule has 4 nitrogen and oxygen atoms in total. The van der Waals surface area contributed by atoms with Crippen molar-refractivity contribution in [3.05, 3.63) is 0 Å². The first kappa shape index (κ1) is 9.85. The van der Waals surface area contributed by atoms with Gasteiger partial charge < -0.3 is 4.90 Å². The molecule has 0 spiro atoms. The first-order valence-electron chi connectivity index (χ1n) is 3.53. The zero-order valence-corrected chi connectivity index (χ0v) is 6.50. The maximum atomic E-state index is 10.7. The molecule has 1 rings (SSSR count). The SMILES string of the molecule is CCCC(=O)N1CC1.O=C=O. The van der Waals surface area contributed by atoms with Gasteiger partial charge in [0.1, 0.15) is 0 Å². The molecule has 62 valence electrons. The summed E-state index contributed by atoms with van der Waals surface area (Å²) >= 11 is 0. The van der Waals surface area contributed by atoms with Crippen LogP contribution in [-0.4, -0.2) is 30.0 Å². The highest BCUT2D eigenvalue weighted by Gasteiger charge is 2.22. The summed E-state index contributed by atoms with van der Waals surface area (Å²) in [6.45, 7) is 4.03. The summed E-state index contributed by atoms with van der Waals surface area (Å²) < 4.78 is 0. The zero-order chi connectivity index (χ0) is 8.69. The van der Waals surface area contributed by atoms with Crippen molar-refractivity contribution in [3.63, 3.8) is 0 Å². The van der Waals surface area contributed by atoms with Crippen molar-refractivity contribution in [3.8, 4) is 0 Å². The number of nitrogens with zero attached hydrogens (tertiary/aromatic N) is 1. The van der Waals surface area contributed by atoms with Crippen LogP contribution in [0, 0.1) is 0 Å². The summed E-state index contributed by atoms with van der Waals surface area (Å²) in [6, 6.07) is 0. The van der Waals surface area contributed by atoms with Crippen LogP contribution >= 0.6 is 0 Å². The number of hydrogen-bond donors (Lipinski definition) is 0. The van der Waals surface area contributed by atoms with E-state index in [9.17, 15) is 4.79 Å². The first-order chi connectivity index (χ1) is 5.26. The Hall–Kier alpha value is -1.15. The fourth-order valence-corrected chi connectivity index (χ4v) is 0.671. The monoisotopic (exact) mass is 157 g/mol. The minimum atomic E-state index is 0.250. The molecule has 1 amide bonds. The van der Waals surface area contributed by atoms with E-state index in [1.165, 1.54) is 0 Å². The van der Waals surface area contributed by atoms with Crippen LogP contribution < -0.4 is 0 Å². The average molecular weight is 157 g/mol. The summed E-state index contributed by atoms with van der Waals surface area (Å²) in [5, 5.41) is 0. The lowest BCUT2D eigenvalue weighted by molar-refractivity contribution is -0.191. The van der Waals surface area contributed by atoms with E-state index in [0.717, 1.165) is 25.9 Å². The molecule has 0 aromatic rings. The van der Waals surface area contributed by atoms with E-state index in [-0.39, 0.29) is 6.15 Å². The van der Waals surface area contributed by atoms with Crippen molar-refractivity contribution in [1.82, 2.24) is 4.90 Å². The number of rotatable bonds is 2. The molecule has 4 heteroatoms. The van der Waals surface area contributed by atoms with Crippen molar-refractivity contribution >= 4 is 12.1 Å². The quantitative estimate of drug-likeness (QED) is 0.532. The molecular formula is C7H11NO3. The number of amides is 1. The van der Waals surface area contributed by atoms with Crippen molar-refractivity contribution in [2.75, 3.05) is 13.1 Å². The van der Waals surface area contributed by atoms with Gasteiger partial charge in [-0.15, -0.1) is 0 Å². The highest BCUT2D eigenvalue weighted by molar-refractivity contribution is 5.78. The molecular weight excluding hydrogens is 146 g/mol. The normalized spacial score (nSPS) is 12.6. The minimum Gasteiger partial charge on any atom is -0.339 e. The molecule has 0 aliphatic carbocycles. The van der Waals surface area contributed by atoms with Crippen LogP contribution in [0.25, 0.3) is 0 Å². The third-order valence-corrected chi connectivity index (χ3v) is 1.26. The van der Waals surface area contributed by atoms with Gasteiger partial charge in [0.05, 0.1) is 0 Å². The van der Waals surface area contributed by atoms with Gasteiger partial charge in [-0.2, -0.15) is 9.59 Å². The predicted octanol–water partition coefficient (Wildman–Crippen LogP) is 0.0452. The fourth-order valence-electron chi connectivity index (χ4n) is 0.671. The largest absolute Gasteiger partial charge is 0.373 e. The molecule has 1 aliphatic rings. The third-order valence-electron chi connectivity index (χ3n) is 1.26. The molecule has 0 aromatic carbocycles. The number of carbonyl (C=O) groups excluding carboxylic acids is 3. The van der Waals surface area contributed by atoms with Gasteiger partial charge in [-0.3, -0.25) is 4.79 Å². The molecule has 0 radical (unpaired) electrons. The zero-order valence-electron chi connectivity index (χ0n) is 6.50. The fraction of sp³-hybridized carbons (Fsp3) is 0.714. The highest BCUT2D eigenvalue weighted by Crippen LogP contribution is 2.06. The summed E-state index contributed by atoms with van der Waals surface area (Å²) in [7, 11) is 0. The van der Waals surface area contributed by atoms with Gasteiger partial charge in [0.15, 0.2) is 0 Å². The number of hydrogen-bond acceptors (Lipinski definition) is 3. The second kappa shape index (κ2) is 5.62. The lowest BCUT2D eigenvalue weighted by atomic mass is 10.3. The molecule has 1 fully saturated rings.